The summed E-state index contributed by atoms with van der Waals surface area (Å²) in [4.78, 5) is 29.1. The molecule has 0 spiro atoms. The van der Waals surface area contributed by atoms with E-state index in [1.54, 1.807) is 6.92 Å². The minimum absolute atomic E-state index is 0.0127. The molecule has 0 aliphatic heterocycles. The normalized spacial score (nSPS) is 10.6. The molecule has 2 N–H and O–H groups in total. The van der Waals surface area contributed by atoms with Crippen molar-refractivity contribution >= 4 is 27.5 Å². The minimum Gasteiger partial charge on any atom is -0.478 e. The zero-order valence-electron chi connectivity index (χ0n) is 7.20. The average molecular weight is 210 g/mol. The fraction of sp³-hybridized carbons (Fsp3) is 0.125. The van der Waals surface area contributed by atoms with Gasteiger partial charge in [-0.25, -0.2) is 9.78 Å². The van der Waals surface area contributed by atoms with Gasteiger partial charge >= 0.3 is 5.97 Å². The topological polar surface area (TPSA) is 83.0 Å². The number of rotatable bonds is 1. The summed E-state index contributed by atoms with van der Waals surface area (Å²) in [5.41, 5.74) is -0.384. The van der Waals surface area contributed by atoms with E-state index in [0.717, 1.165) is 11.3 Å². The van der Waals surface area contributed by atoms with E-state index in [0.29, 0.717) is 10.7 Å². The Morgan fingerprint density at radius 1 is 1.64 bits per heavy atom. The zero-order valence-corrected chi connectivity index (χ0v) is 8.01. The number of H-pyrrole nitrogens is 1. The fourth-order valence-corrected chi connectivity index (χ4v) is 2.17. The van der Waals surface area contributed by atoms with Crippen molar-refractivity contribution in [3.8, 4) is 0 Å². The van der Waals surface area contributed by atoms with Gasteiger partial charge in [0.1, 0.15) is 10.7 Å². The largest absolute Gasteiger partial charge is 0.478 e. The van der Waals surface area contributed by atoms with Crippen LogP contribution in [-0.4, -0.2) is 21.0 Å². The molecule has 0 fully saturated rings. The highest BCUT2D eigenvalue weighted by molar-refractivity contribution is 7.17. The average Bonchev–Trinajstić information content (AvgIpc) is 2.47. The number of aryl methyl sites for hydroxylation is 1. The summed E-state index contributed by atoms with van der Waals surface area (Å²) in [5.74, 6) is -0.617. The van der Waals surface area contributed by atoms with Crippen LogP contribution < -0.4 is 5.56 Å². The number of carbonyl (C=O) groups is 1. The smallest absolute Gasteiger partial charge is 0.337 e. The third-order valence-electron chi connectivity index (χ3n) is 1.79. The van der Waals surface area contributed by atoms with Crippen molar-refractivity contribution < 1.29 is 9.90 Å². The highest BCUT2D eigenvalue weighted by Gasteiger charge is 2.14. The molecule has 0 atom stereocenters. The van der Waals surface area contributed by atoms with Crippen LogP contribution in [0.15, 0.2) is 10.2 Å². The first-order valence-electron chi connectivity index (χ1n) is 3.81. The quantitative estimate of drug-likeness (QED) is 0.735. The molecule has 0 aromatic carbocycles. The Kier molecular flexibility index (Phi) is 1.85. The lowest BCUT2D eigenvalue weighted by Gasteiger charge is -1.93. The van der Waals surface area contributed by atoms with Gasteiger partial charge in [-0.2, -0.15) is 0 Å². The van der Waals surface area contributed by atoms with Crippen LogP contribution in [0.25, 0.3) is 10.2 Å². The number of fused-ring (bicyclic) bond motifs is 1. The van der Waals surface area contributed by atoms with E-state index in [4.69, 9.17) is 5.11 Å². The van der Waals surface area contributed by atoms with E-state index in [-0.39, 0.29) is 10.9 Å². The van der Waals surface area contributed by atoms with E-state index in [2.05, 4.69) is 9.97 Å². The van der Waals surface area contributed by atoms with Crippen molar-refractivity contribution in [3.63, 3.8) is 0 Å². The van der Waals surface area contributed by atoms with Crippen molar-refractivity contribution in [1.82, 2.24) is 9.97 Å². The molecule has 14 heavy (non-hydrogen) atoms. The second-order valence-electron chi connectivity index (χ2n) is 2.79. The second-order valence-corrected chi connectivity index (χ2v) is 3.64. The van der Waals surface area contributed by atoms with Gasteiger partial charge in [-0.15, -0.1) is 11.3 Å². The van der Waals surface area contributed by atoms with Gasteiger partial charge in [0.15, 0.2) is 0 Å². The van der Waals surface area contributed by atoms with Crippen LogP contribution in [0.1, 0.15) is 16.2 Å². The summed E-state index contributed by atoms with van der Waals surface area (Å²) < 4.78 is 0. The van der Waals surface area contributed by atoms with E-state index in [1.165, 1.54) is 5.38 Å². The molecule has 2 aromatic heterocycles. The molecule has 0 aliphatic rings. The molecule has 72 valence electrons. The van der Waals surface area contributed by atoms with Gasteiger partial charge in [-0.05, 0) is 6.92 Å². The van der Waals surface area contributed by atoms with Gasteiger partial charge in [-0.3, -0.25) is 4.79 Å². The zero-order chi connectivity index (χ0) is 10.3. The monoisotopic (exact) mass is 210 g/mol. The van der Waals surface area contributed by atoms with Crippen LogP contribution in [-0.2, 0) is 0 Å². The summed E-state index contributed by atoms with van der Waals surface area (Å²) in [6.07, 6.45) is 0. The summed E-state index contributed by atoms with van der Waals surface area (Å²) >= 11 is 1.16. The lowest BCUT2D eigenvalue weighted by atomic mass is 10.2. The first-order chi connectivity index (χ1) is 6.59. The first-order valence-corrected chi connectivity index (χ1v) is 4.69. The summed E-state index contributed by atoms with van der Waals surface area (Å²) in [6.45, 7) is 1.65. The Morgan fingerprint density at radius 3 is 3.00 bits per heavy atom. The molecular weight excluding hydrogens is 204 g/mol. The van der Waals surface area contributed by atoms with E-state index in [9.17, 15) is 9.59 Å². The lowest BCUT2D eigenvalue weighted by molar-refractivity contribution is 0.0699. The van der Waals surface area contributed by atoms with Crippen LogP contribution in [0.4, 0.5) is 0 Å². The second kappa shape index (κ2) is 2.91. The van der Waals surface area contributed by atoms with Gasteiger partial charge in [0.05, 0.1) is 10.9 Å². The van der Waals surface area contributed by atoms with Crippen molar-refractivity contribution in [1.29, 1.82) is 0 Å². The summed E-state index contributed by atoms with van der Waals surface area (Å²) in [6, 6.07) is 0. The molecule has 2 aromatic rings. The highest BCUT2D eigenvalue weighted by Crippen LogP contribution is 2.20. The number of carboxylic acids is 1. The number of hydrogen-bond acceptors (Lipinski definition) is 4. The van der Waals surface area contributed by atoms with Gasteiger partial charge in [0, 0.05) is 5.38 Å². The van der Waals surface area contributed by atoms with E-state index >= 15 is 0 Å². The number of aromatic nitrogens is 2. The number of nitrogens with one attached hydrogen (secondary N) is 1. The van der Waals surface area contributed by atoms with Crippen LogP contribution in [0.2, 0.25) is 0 Å². The number of aromatic amines is 1. The number of carboxylic acid groups (broad SMARTS) is 1. The predicted octanol–water partition coefficient (Wildman–Crippen LogP) is 0.991. The van der Waals surface area contributed by atoms with Crippen molar-refractivity contribution in [3.05, 3.63) is 27.1 Å². The Hall–Kier alpha value is -1.69. The molecular formula is C8H6N2O3S. The Balaban J connectivity index is 2.93. The van der Waals surface area contributed by atoms with Gasteiger partial charge < -0.3 is 10.1 Å². The number of aromatic carboxylic acids is 1. The molecule has 2 heterocycles. The third kappa shape index (κ3) is 1.20. The number of nitrogens with zero attached hydrogens (tertiary/aromatic N) is 1. The maximum atomic E-state index is 11.4. The Morgan fingerprint density at radius 2 is 2.36 bits per heavy atom. The molecule has 0 amide bonds. The molecule has 0 aliphatic carbocycles. The maximum Gasteiger partial charge on any atom is 0.337 e. The van der Waals surface area contributed by atoms with Crippen LogP contribution >= 0.6 is 11.3 Å². The predicted molar refractivity (Wildman–Crippen MR) is 51.9 cm³/mol. The van der Waals surface area contributed by atoms with Crippen molar-refractivity contribution in [2.24, 2.45) is 0 Å². The standard InChI is InChI=1S/C8H6N2O3S/c1-3-9-6(11)5-4(8(12)13)2-14-7(5)10-3/h2H,1H3,(H,12,13)(H,9,10,11). The van der Waals surface area contributed by atoms with Crippen molar-refractivity contribution in [2.75, 3.05) is 0 Å². The van der Waals surface area contributed by atoms with Crippen LogP contribution in [0.3, 0.4) is 0 Å². The maximum absolute atomic E-state index is 11.4. The molecule has 0 radical (unpaired) electrons. The molecule has 0 bridgehead atoms. The first kappa shape index (κ1) is 8.89. The Bertz CT molecular complexity index is 569. The minimum atomic E-state index is -1.10. The molecule has 0 saturated heterocycles. The third-order valence-corrected chi connectivity index (χ3v) is 2.66. The molecule has 5 nitrogen and oxygen atoms in total. The molecule has 0 saturated carbocycles. The Labute approximate surface area is 82.0 Å². The fourth-order valence-electron chi connectivity index (χ4n) is 1.21. The van der Waals surface area contributed by atoms with E-state index < -0.39 is 11.5 Å². The SMILES string of the molecule is Cc1nc2scc(C(=O)O)c2c(=O)[nH]1. The van der Waals surface area contributed by atoms with Gasteiger partial charge in [0.2, 0.25) is 0 Å². The van der Waals surface area contributed by atoms with Gasteiger partial charge in [0.25, 0.3) is 5.56 Å². The van der Waals surface area contributed by atoms with Crippen molar-refractivity contribution in [2.45, 2.75) is 6.92 Å². The highest BCUT2D eigenvalue weighted by atomic mass is 32.1. The van der Waals surface area contributed by atoms with E-state index in [1.807, 2.05) is 0 Å². The molecule has 0 unspecified atom stereocenters. The molecule has 6 heteroatoms. The number of thiophene rings is 1. The van der Waals surface area contributed by atoms with Crippen LogP contribution in [0.5, 0.6) is 0 Å². The molecule has 2 rings (SSSR count). The lowest BCUT2D eigenvalue weighted by Crippen LogP contribution is -2.11. The summed E-state index contributed by atoms with van der Waals surface area (Å²) in [7, 11) is 0. The number of hydrogen-bond donors (Lipinski definition) is 2. The van der Waals surface area contributed by atoms with Gasteiger partial charge in [-0.1, -0.05) is 0 Å². The van der Waals surface area contributed by atoms with Crippen LogP contribution in [0, 0.1) is 6.92 Å². The summed E-state index contributed by atoms with van der Waals surface area (Å²) in [5, 5.41) is 10.4.